The first-order valence-corrected chi connectivity index (χ1v) is 10.0. The Balaban J connectivity index is 1.46. The number of aryl methyl sites for hydroxylation is 2. The maximum absolute atomic E-state index is 13.9. The number of halogens is 1. The van der Waals surface area contributed by atoms with Crippen LogP contribution in [0.1, 0.15) is 35.2 Å². The molecule has 0 saturated carbocycles. The average Bonchev–Trinajstić information content (AvgIpc) is 2.75. The predicted molar refractivity (Wildman–Crippen MR) is 110 cm³/mol. The second-order valence-electron chi connectivity index (χ2n) is 7.78. The molecule has 5 nitrogen and oxygen atoms in total. The van der Waals surface area contributed by atoms with Crippen LogP contribution in [-0.4, -0.2) is 33.4 Å². The van der Waals surface area contributed by atoms with Gasteiger partial charge in [-0.25, -0.2) is 9.37 Å². The highest BCUT2D eigenvalue weighted by atomic mass is 19.1. The van der Waals surface area contributed by atoms with Crippen LogP contribution in [0.4, 0.5) is 4.39 Å². The molecule has 0 aliphatic carbocycles. The number of piperidine rings is 1. The van der Waals surface area contributed by atoms with Gasteiger partial charge in [-0.15, -0.1) is 0 Å². The molecule has 1 aromatic heterocycles. The van der Waals surface area contributed by atoms with Crippen molar-refractivity contribution in [1.82, 2.24) is 14.5 Å². The van der Waals surface area contributed by atoms with E-state index in [1.54, 1.807) is 31.3 Å². The van der Waals surface area contributed by atoms with Crippen molar-refractivity contribution < 1.29 is 9.18 Å². The third-order valence-corrected chi connectivity index (χ3v) is 5.75. The number of nitrogens with zero attached hydrogens (tertiary/aromatic N) is 3. The first-order valence-electron chi connectivity index (χ1n) is 10.0. The minimum atomic E-state index is -0.161. The number of benzene rings is 2. The number of fused-ring (bicyclic) bond motifs is 1. The van der Waals surface area contributed by atoms with E-state index < -0.39 is 0 Å². The third kappa shape index (κ3) is 4.06. The Bertz CT molecular complexity index is 1110. The summed E-state index contributed by atoms with van der Waals surface area (Å²) in [6.45, 7) is 1.40. The highest BCUT2D eigenvalue weighted by molar-refractivity contribution is 5.97. The topological polar surface area (TPSA) is 55.2 Å². The second kappa shape index (κ2) is 8.15. The van der Waals surface area contributed by atoms with Gasteiger partial charge >= 0.3 is 0 Å². The van der Waals surface area contributed by atoms with Gasteiger partial charge < -0.3 is 9.47 Å². The van der Waals surface area contributed by atoms with Gasteiger partial charge in [0.15, 0.2) is 0 Å². The average molecular weight is 393 g/mol. The van der Waals surface area contributed by atoms with Crippen LogP contribution >= 0.6 is 0 Å². The van der Waals surface area contributed by atoms with Gasteiger partial charge in [0.25, 0.3) is 11.5 Å². The van der Waals surface area contributed by atoms with Gasteiger partial charge in [-0.3, -0.25) is 9.59 Å². The SMILES string of the molecule is Cn1cnc2cc(C(=O)N3CCC[C@H](CCc4ccccc4F)C3)ccc2c1=O. The van der Waals surface area contributed by atoms with E-state index in [-0.39, 0.29) is 17.3 Å². The summed E-state index contributed by atoms with van der Waals surface area (Å²) in [5.41, 5.74) is 1.69. The normalized spacial score (nSPS) is 16.9. The van der Waals surface area contributed by atoms with Crippen LogP contribution in [0.5, 0.6) is 0 Å². The van der Waals surface area contributed by atoms with Gasteiger partial charge in [0.2, 0.25) is 0 Å². The number of hydrogen-bond donors (Lipinski definition) is 0. The van der Waals surface area contributed by atoms with Crippen molar-refractivity contribution in [1.29, 1.82) is 0 Å². The van der Waals surface area contributed by atoms with E-state index in [4.69, 9.17) is 0 Å². The summed E-state index contributed by atoms with van der Waals surface area (Å²) in [5.74, 6) is 0.161. The lowest BCUT2D eigenvalue weighted by Gasteiger charge is -2.33. The zero-order valence-electron chi connectivity index (χ0n) is 16.5. The van der Waals surface area contributed by atoms with Crippen molar-refractivity contribution in [2.45, 2.75) is 25.7 Å². The molecule has 1 fully saturated rings. The number of likely N-dealkylation sites (tertiary alicyclic amines) is 1. The number of carbonyl (C=O) groups excluding carboxylic acids is 1. The number of carbonyl (C=O) groups is 1. The van der Waals surface area contributed by atoms with Crippen molar-refractivity contribution >= 4 is 16.8 Å². The molecule has 1 saturated heterocycles. The Hall–Kier alpha value is -3.02. The molecule has 0 N–H and O–H groups in total. The van der Waals surface area contributed by atoms with Crippen molar-refractivity contribution in [2.24, 2.45) is 13.0 Å². The van der Waals surface area contributed by atoms with Crippen LogP contribution in [0.3, 0.4) is 0 Å². The Labute approximate surface area is 168 Å². The van der Waals surface area contributed by atoms with Crippen LogP contribution in [0, 0.1) is 11.7 Å². The molecule has 3 aromatic rings. The molecule has 4 rings (SSSR count). The summed E-state index contributed by atoms with van der Waals surface area (Å²) in [6.07, 6.45) is 5.01. The van der Waals surface area contributed by atoms with Gasteiger partial charge in [-0.1, -0.05) is 18.2 Å². The number of amides is 1. The van der Waals surface area contributed by atoms with Crippen LogP contribution in [0.25, 0.3) is 10.9 Å². The third-order valence-electron chi connectivity index (χ3n) is 5.75. The summed E-state index contributed by atoms with van der Waals surface area (Å²) in [7, 11) is 1.66. The molecule has 0 bridgehead atoms. The molecule has 0 spiro atoms. The smallest absolute Gasteiger partial charge is 0.260 e. The first kappa shape index (κ1) is 19.3. The standard InChI is InChI=1S/C23H24FN3O2/c1-26-15-25-21-13-18(10-11-19(21)23(26)29)22(28)27-12-4-5-16(14-27)8-9-17-6-2-3-7-20(17)24/h2-3,6-7,10-11,13,15-16H,4-5,8-9,12,14H2,1H3/t16-/m1/s1. The second-order valence-corrected chi connectivity index (χ2v) is 7.78. The van der Waals surface area contributed by atoms with E-state index in [0.29, 0.717) is 35.3 Å². The van der Waals surface area contributed by atoms with E-state index in [1.165, 1.54) is 17.0 Å². The zero-order chi connectivity index (χ0) is 20.4. The summed E-state index contributed by atoms with van der Waals surface area (Å²) in [6, 6.07) is 12.0. The predicted octanol–water partition coefficient (Wildman–Crippen LogP) is 3.56. The molecule has 1 aliphatic rings. The molecular formula is C23H24FN3O2. The largest absolute Gasteiger partial charge is 0.338 e. The van der Waals surface area contributed by atoms with Gasteiger partial charge in [-0.2, -0.15) is 0 Å². The Morgan fingerprint density at radius 3 is 2.90 bits per heavy atom. The van der Waals surface area contributed by atoms with Crippen molar-refractivity contribution in [3.63, 3.8) is 0 Å². The molecule has 1 amide bonds. The van der Waals surface area contributed by atoms with Gasteiger partial charge in [0, 0.05) is 25.7 Å². The number of hydrogen-bond acceptors (Lipinski definition) is 3. The molecule has 0 unspecified atom stereocenters. The van der Waals surface area contributed by atoms with Crippen LogP contribution in [0.2, 0.25) is 0 Å². The Kier molecular flexibility index (Phi) is 5.43. The fraction of sp³-hybridized carbons (Fsp3) is 0.348. The molecule has 29 heavy (non-hydrogen) atoms. The highest BCUT2D eigenvalue weighted by Crippen LogP contribution is 2.24. The molecule has 2 aromatic carbocycles. The molecule has 0 radical (unpaired) electrons. The Morgan fingerprint density at radius 1 is 1.24 bits per heavy atom. The molecule has 150 valence electrons. The minimum absolute atomic E-state index is 0.0371. The molecule has 1 atom stereocenters. The lowest BCUT2D eigenvalue weighted by atomic mass is 9.91. The molecule has 2 heterocycles. The van der Waals surface area contributed by atoms with Crippen LogP contribution in [0.15, 0.2) is 53.6 Å². The van der Waals surface area contributed by atoms with E-state index in [2.05, 4.69) is 4.98 Å². The number of rotatable bonds is 4. The van der Waals surface area contributed by atoms with Crippen LogP contribution in [-0.2, 0) is 13.5 Å². The zero-order valence-corrected chi connectivity index (χ0v) is 16.5. The fourth-order valence-corrected chi connectivity index (χ4v) is 4.07. The maximum atomic E-state index is 13.9. The summed E-state index contributed by atoms with van der Waals surface area (Å²) < 4.78 is 15.3. The lowest BCUT2D eigenvalue weighted by Crippen LogP contribution is -2.40. The van der Waals surface area contributed by atoms with E-state index in [1.807, 2.05) is 17.0 Å². The molecular weight excluding hydrogens is 369 g/mol. The quantitative estimate of drug-likeness (QED) is 0.681. The van der Waals surface area contributed by atoms with Crippen molar-refractivity contribution in [3.8, 4) is 0 Å². The van der Waals surface area contributed by atoms with E-state index >= 15 is 0 Å². The van der Waals surface area contributed by atoms with Gasteiger partial charge in [-0.05, 0) is 61.4 Å². The van der Waals surface area contributed by atoms with Gasteiger partial charge in [0.05, 0.1) is 17.2 Å². The maximum Gasteiger partial charge on any atom is 0.260 e. The van der Waals surface area contributed by atoms with E-state index in [0.717, 1.165) is 31.4 Å². The monoisotopic (exact) mass is 393 g/mol. The van der Waals surface area contributed by atoms with Crippen LogP contribution < -0.4 is 5.56 Å². The lowest BCUT2D eigenvalue weighted by molar-refractivity contribution is 0.0668. The summed E-state index contributed by atoms with van der Waals surface area (Å²) in [5, 5.41) is 0.507. The first-order chi connectivity index (χ1) is 14.0. The summed E-state index contributed by atoms with van der Waals surface area (Å²) >= 11 is 0. The van der Waals surface area contributed by atoms with E-state index in [9.17, 15) is 14.0 Å². The number of aromatic nitrogens is 2. The summed E-state index contributed by atoms with van der Waals surface area (Å²) in [4.78, 5) is 31.3. The minimum Gasteiger partial charge on any atom is -0.338 e. The van der Waals surface area contributed by atoms with Gasteiger partial charge in [0.1, 0.15) is 5.82 Å². The van der Waals surface area contributed by atoms with Crippen molar-refractivity contribution in [3.05, 3.63) is 76.1 Å². The molecule has 6 heteroatoms. The fourth-order valence-electron chi connectivity index (χ4n) is 4.07. The highest BCUT2D eigenvalue weighted by Gasteiger charge is 2.25. The molecule has 1 aliphatic heterocycles. The Morgan fingerprint density at radius 2 is 2.07 bits per heavy atom. The van der Waals surface area contributed by atoms with Crippen molar-refractivity contribution in [2.75, 3.05) is 13.1 Å².